The van der Waals surface area contributed by atoms with Gasteiger partial charge in [0.25, 0.3) is 0 Å². The average molecular weight is 311 g/mol. The van der Waals surface area contributed by atoms with Gasteiger partial charge < -0.3 is 30.5 Å². The Morgan fingerprint density at radius 2 is 1.91 bits per heavy atom. The molecule has 0 spiro atoms. The van der Waals surface area contributed by atoms with Crippen molar-refractivity contribution in [1.82, 2.24) is 0 Å². The molecule has 0 aliphatic carbocycles. The summed E-state index contributed by atoms with van der Waals surface area (Å²) in [5.41, 5.74) is 0.843. The first-order valence-corrected chi connectivity index (χ1v) is 6.31. The van der Waals surface area contributed by atoms with Crippen molar-refractivity contribution in [1.29, 1.82) is 0 Å². The van der Waals surface area contributed by atoms with E-state index in [9.17, 15) is 9.59 Å². The zero-order valence-corrected chi connectivity index (χ0v) is 11.8. The normalized spacial score (nSPS) is 18.1. The van der Waals surface area contributed by atoms with Gasteiger partial charge in [-0.05, 0) is 12.1 Å². The fourth-order valence-corrected chi connectivity index (χ4v) is 1.55. The third kappa shape index (κ3) is 4.76. The molecule has 1 aliphatic heterocycles. The van der Waals surface area contributed by atoms with E-state index in [1.807, 2.05) is 30.3 Å². The fraction of sp³-hybridized carbons (Fsp3) is 0.286. The van der Waals surface area contributed by atoms with Gasteiger partial charge in [0, 0.05) is 12.6 Å². The molecule has 0 aromatic heterocycles. The van der Waals surface area contributed by atoms with Crippen LogP contribution in [0.4, 0.5) is 5.69 Å². The first-order valence-electron chi connectivity index (χ1n) is 6.31. The molecule has 22 heavy (non-hydrogen) atoms. The monoisotopic (exact) mass is 311 g/mol. The number of benzene rings is 1. The van der Waals surface area contributed by atoms with E-state index in [0.717, 1.165) is 5.69 Å². The number of aliphatic hydroxyl groups excluding tert-OH is 4. The van der Waals surface area contributed by atoms with Crippen molar-refractivity contribution in [2.24, 2.45) is 0 Å². The molecule has 1 aliphatic rings. The number of para-hydroxylation sites is 1. The molecule has 8 nitrogen and oxygen atoms in total. The Kier molecular flexibility index (Phi) is 6.36. The van der Waals surface area contributed by atoms with Crippen molar-refractivity contribution in [2.75, 3.05) is 11.9 Å². The summed E-state index contributed by atoms with van der Waals surface area (Å²) in [6.07, 6.45) is -2.78. The summed E-state index contributed by atoms with van der Waals surface area (Å²) in [5.74, 6) is -2.81. The first-order chi connectivity index (χ1) is 10.4. The van der Waals surface area contributed by atoms with Gasteiger partial charge in [-0.1, -0.05) is 18.2 Å². The molecule has 0 unspecified atom stereocenters. The lowest BCUT2D eigenvalue weighted by Crippen LogP contribution is -2.31. The Morgan fingerprint density at radius 1 is 1.32 bits per heavy atom. The summed E-state index contributed by atoms with van der Waals surface area (Å²) in [4.78, 5) is 21.0. The molecule has 0 bridgehead atoms. The molecule has 0 fully saturated rings. The van der Waals surface area contributed by atoms with Crippen LogP contribution in [-0.4, -0.2) is 51.1 Å². The topological polar surface area (TPSA) is 136 Å². The quantitative estimate of drug-likeness (QED) is 0.504. The molecule has 0 saturated carbocycles. The number of hydrogen-bond donors (Lipinski definition) is 5. The number of esters is 1. The lowest BCUT2D eigenvalue weighted by atomic mass is 10.2. The van der Waals surface area contributed by atoms with Crippen LogP contribution in [0.3, 0.4) is 0 Å². The molecule has 120 valence electrons. The number of amides is 1. The average Bonchev–Trinajstić information content (AvgIpc) is 2.75. The summed E-state index contributed by atoms with van der Waals surface area (Å²) < 4.78 is 4.32. The highest BCUT2D eigenvalue weighted by Crippen LogP contribution is 2.20. The number of aliphatic hydroxyl groups is 4. The molecule has 1 aromatic carbocycles. The highest BCUT2D eigenvalue weighted by molar-refractivity contribution is 5.89. The van der Waals surface area contributed by atoms with Crippen molar-refractivity contribution in [3.8, 4) is 0 Å². The third-order valence-corrected chi connectivity index (χ3v) is 2.57. The van der Waals surface area contributed by atoms with Gasteiger partial charge in [-0.3, -0.25) is 4.79 Å². The molecule has 2 rings (SSSR count). The minimum Gasteiger partial charge on any atom is -0.505 e. The maximum atomic E-state index is 10.5. The predicted octanol–water partition coefficient (Wildman–Crippen LogP) is 0.238. The van der Waals surface area contributed by atoms with Gasteiger partial charge in [-0.15, -0.1) is 0 Å². The number of ether oxygens (including phenoxy) is 1. The zero-order chi connectivity index (χ0) is 16.7. The lowest BCUT2D eigenvalue weighted by molar-refractivity contribution is -0.147. The van der Waals surface area contributed by atoms with Crippen LogP contribution in [0.15, 0.2) is 41.9 Å². The van der Waals surface area contributed by atoms with Crippen LogP contribution in [0.1, 0.15) is 6.92 Å². The van der Waals surface area contributed by atoms with E-state index in [0.29, 0.717) is 0 Å². The van der Waals surface area contributed by atoms with Crippen LogP contribution in [-0.2, 0) is 14.3 Å². The van der Waals surface area contributed by atoms with Gasteiger partial charge in [0.05, 0.1) is 6.61 Å². The number of cyclic esters (lactones) is 1. The zero-order valence-electron chi connectivity index (χ0n) is 11.8. The van der Waals surface area contributed by atoms with E-state index < -0.39 is 36.3 Å². The Balaban J connectivity index is 0.000000224. The second kappa shape index (κ2) is 8.01. The summed E-state index contributed by atoms with van der Waals surface area (Å²) in [6, 6.07) is 9.37. The molecule has 8 heteroatoms. The van der Waals surface area contributed by atoms with E-state index in [4.69, 9.17) is 20.4 Å². The molecule has 0 radical (unpaired) electrons. The highest BCUT2D eigenvalue weighted by atomic mass is 16.6. The maximum Gasteiger partial charge on any atom is 0.377 e. The molecule has 5 N–H and O–H groups in total. The van der Waals surface area contributed by atoms with Crippen LogP contribution >= 0.6 is 0 Å². The highest BCUT2D eigenvalue weighted by Gasteiger charge is 2.38. The molecule has 1 aromatic rings. The summed E-state index contributed by atoms with van der Waals surface area (Å²) in [7, 11) is 0. The number of carbonyl (C=O) groups is 2. The van der Waals surface area contributed by atoms with Crippen molar-refractivity contribution in [2.45, 2.75) is 19.1 Å². The maximum absolute atomic E-state index is 10.5. The number of nitrogens with one attached hydrogen (secondary N) is 1. The minimum atomic E-state index is -1.42. The largest absolute Gasteiger partial charge is 0.505 e. The second-order valence-corrected chi connectivity index (χ2v) is 4.36. The van der Waals surface area contributed by atoms with E-state index in [-0.39, 0.29) is 5.91 Å². The number of rotatable bonds is 3. The van der Waals surface area contributed by atoms with Gasteiger partial charge in [-0.2, -0.15) is 0 Å². The summed E-state index contributed by atoms with van der Waals surface area (Å²) in [5, 5.41) is 37.7. The van der Waals surface area contributed by atoms with Crippen LogP contribution in [0.25, 0.3) is 0 Å². The summed E-state index contributed by atoms with van der Waals surface area (Å²) in [6.45, 7) is 0.822. The molecular formula is C14H17NO7. The number of carbonyl (C=O) groups excluding carboxylic acids is 2. The Labute approximate surface area is 126 Å². The van der Waals surface area contributed by atoms with Crippen molar-refractivity contribution in [3.63, 3.8) is 0 Å². The first kappa shape index (κ1) is 17.5. The van der Waals surface area contributed by atoms with Gasteiger partial charge in [0.2, 0.25) is 11.7 Å². The lowest BCUT2D eigenvalue weighted by Gasteiger charge is -2.13. The molecule has 1 amide bonds. The van der Waals surface area contributed by atoms with Crippen LogP contribution in [0.2, 0.25) is 0 Å². The van der Waals surface area contributed by atoms with E-state index in [1.165, 1.54) is 6.92 Å². The molecule has 1 heterocycles. The van der Waals surface area contributed by atoms with Gasteiger partial charge >= 0.3 is 5.97 Å². The molecule has 0 saturated heterocycles. The van der Waals surface area contributed by atoms with Crippen LogP contribution < -0.4 is 5.32 Å². The Hall–Kier alpha value is -2.58. The van der Waals surface area contributed by atoms with Crippen LogP contribution in [0, 0.1) is 0 Å². The minimum absolute atomic E-state index is 0.0359. The van der Waals surface area contributed by atoms with Crippen LogP contribution in [0.5, 0.6) is 0 Å². The standard InChI is InChI=1S/C8H9NO.C6H8O6/c1-7(10)9-8-5-3-2-4-6-8;7-1-2(8)5-3(9)4(10)6(11)12-5/h2-6H,1H3,(H,9,10);2,5,7-10H,1H2/t;2-,5+/m.0/s1. The van der Waals surface area contributed by atoms with Crippen molar-refractivity contribution >= 4 is 17.6 Å². The third-order valence-electron chi connectivity index (χ3n) is 2.57. The van der Waals surface area contributed by atoms with E-state index in [1.54, 1.807) is 0 Å². The summed E-state index contributed by atoms with van der Waals surface area (Å²) >= 11 is 0. The second-order valence-electron chi connectivity index (χ2n) is 4.36. The van der Waals surface area contributed by atoms with Crippen molar-refractivity contribution < 1.29 is 34.8 Å². The predicted molar refractivity (Wildman–Crippen MR) is 76.0 cm³/mol. The Morgan fingerprint density at radius 3 is 2.32 bits per heavy atom. The van der Waals surface area contributed by atoms with Crippen molar-refractivity contribution in [3.05, 3.63) is 41.9 Å². The fourth-order valence-electron chi connectivity index (χ4n) is 1.55. The van der Waals surface area contributed by atoms with E-state index >= 15 is 0 Å². The SMILES string of the molecule is CC(=O)Nc1ccccc1.O=C1O[C@H]([C@@H](O)CO)C(O)=C1O. The Bertz CT molecular complexity index is 556. The van der Waals surface area contributed by atoms with E-state index in [2.05, 4.69) is 10.1 Å². The van der Waals surface area contributed by atoms with Gasteiger partial charge in [0.15, 0.2) is 11.9 Å². The van der Waals surface area contributed by atoms with Gasteiger partial charge in [0.1, 0.15) is 6.10 Å². The van der Waals surface area contributed by atoms with Gasteiger partial charge in [-0.25, -0.2) is 4.79 Å². The number of anilines is 1. The molecular weight excluding hydrogens is 294 g/mol. The smallest absolute Gasteiger partial charge is 0.377 e. The molecule has 2 atom stereocenters. The number of hydrogen-bond acceptors (Lipinski definition) is 7.